The third kappa shape index (κ3) is 1.29. The molecule has 0 amide bonds. The highest BCUT2D eigenvalue weighted by atomic mass is 14.8. The maximum Gasteiger partial charge on any atom is 0.0415 e. The Bertz CT molecular complexity index is 324. The van der Waals surface area contributed by atoms with Crippen LogP contribution >= 0.6 is 0 Å². The average molecular weight is 173 g/mol. The molecule has 0 atom stereocenters. The lowest BCUT2D eigenvalue weighted by Gasteiger charge is -2.39. The SMILES string of the molecule is C=Cc1ccccc1C1(N)CCC1. The fraction of sp³-hybridized carbons (Fsp3) is 0.333. The van der Waals surface area contributed by atoms with Crippen LogP contribution in [0.25, 0.3) is 6.08 Å². The molecular weight excluding hydrogens is 158 g/mol. The van der Waals surface area contributed by atoms with E-state index in [-0.39, 0.29) is 5.54 Å². The van der Waals surface area contributed by atoms with Crippen LogP contribution in [0.5, 0.6) is 0 Å². The van der Waals surface area contributed by atoms with E-state index in [0.717, 1.165) is 12.8 Å². The highest BCUT2D eigenvalue weighted by molar-refractivity contribution is 5.54. The van der Waals surface area contributed by atoms with Gasteiger partial charge in [-0.25, -0.2) is 0 Å². The summed E-state index contributed by atoms with van der Waals surface area (Å²) < 4.78 is 0. The van der Waals surface area contributed by atoms with Gasteiger partial charge in [0.1, 0.15) is 0 Å². The molecule has 1 aromatic rings. The molecule has 1 nitrogen and oxygen atoms in total. The molecule has 1 aliphatic carbocycles. The van der Waals surface area contributed by atoms with Crippen LogP contribution in [0, 0.1) is 0 Å². The Kier molecular flexibility index (Phi) is 1.97. The molecule has 0 bridgehead atoms. The van der Waals surface area contributed by atoms with Gasteiger partial charge < -0.3 is 5.73 Å². The number of hydrogen-bond donors (Lipinski definition) is 1. The van der Waals surface area contributed by atoms with Crippen molar-refractivity contribution in [2.45, 2.75) is 24.8 Å². The predicted molar refractivity (Wildman–Crippen MR) is 56.2 cm³/mol. The van der Waals surface area contributed by atoms with Crippen molar-refractivity contribution in [3.05, 3.63) is 42.0 Å². The zero-order valence-corrected chi connectivity index (χ0v) is 7.79. The van der Waals surface area contributed by atoms with Crippen LogP contribution in [-0.2, 0) is 5.54 Å². The van der Waals surface area contributed by atoms with E-state index in [9.17, 15) is 0 Å². The third-order valence-electron chi connectivity index (χ3n) is 2.96. The molecule has 0 heterocycles. The molecule has 2 rings (SSSR count). The van der Waals surface area contributed by atoms with Gasteiger partial charge in [-0.3, -0.25) is 0 Å². The second-order valence-electron chi connectivity index (χ2n) is 3.80. The molecule has 1 aromatic carbocycles. The van der Waals surface area contributed by atoms with Gasteiger partial charge in [0.25, 0.3) is 0 Å². The van der Waals surface area contributed by atoms with Crippen LogP contribution in [0.4, 0.5) is 0 Å². The maximum absolute atomic E-state index is 6.25. The average Bonchev–Trinajstić information content (AvgIpc) is 2.14. The van der Waals surface area contributed by atoms with Crippen molar-refractivity contribution in [2.24, 2.45) is 5.73 Å². The molecule has 0 saturated heterocycles. The molecule has 2 N–H and O–H groups in total. The quantitative estimate of drug-likeness (QED) is 0.731. The highest BCUT2D eigenvalue weighted by Crippen LogP contribution is 2.40. The normalized spacial score (nSPS) is 19.2. The molecule has 0 spiro atoms. The second kappa shape index (κ2) is 3.00. The predicted octanol–water partition coefficient (Wildman–Crippen LogP) is 2.67. The molecule has 1 heteroatoms. The number of rotatable bonds is 2. The molecular formula is C12H15N. The van der Waals surface area contributed by atoms with Gasteiger partial charge >= 0.3 is 0 Å². The summed E-state index contributed by atoms with van der Waals surface area (Å²) >= 11 is 0. The summed E-state index contributed by atoms with van der Waals surface area (Å²) in [6, 6.07) is 8.28. The van der Waals surface area contributed by atoms with Gasteiger partial charge in [-0.05, 0) is 30.4 Å². The Morgan fingerprint density at radius 1 is 1.31 bits per heavy atom. The van der Waals surface area contributed by atoms with E-state index in [1.807, 2.05) is 12.1 Å². The summed E-state index contributed by atoms with van der Waals surface area (Å²) in [5.41, 5.74) is 8.63. The second-order valence-corrected chi connectivity index (χ2v) is 3.80. The van der Waals surface area contributed by atoms with E-state index in [2.05, 4.69) is 24.8 Å². The summed E-state index contributed by atoms with van der Waals surface area (Å²) in [7, 11) is 0. The van der Waals surface area contributed by atoms with Crippen LogP contribution < -0.4 is 5.73 Å². The van der Waals surface area contributed by atoms with Crippen LogP contribution in [0.3, 0.4) is 0 Å². The van der Waals surface area contributed by atoms with Crippen molar-refractivity contribution < 1.29 is 0 Å². The van der Waals surface area contributed by atoms with Crippen molar-refractivity contribution >= 4 is 6.08 Å². The topological polar surface area (TPSA) is 26.0 Å². The van der Waals surface area contributed by atoms with Crippen molar-refractivity contribution in [3.63, 3.8) is 0 Å². The summed E-state index contributed by atoms with van der Waals surface area (Å²) in [6.45, 7) is 3.81. The first-order chi connectivity index (χ1) is 6.26. The smallest absolute Gasteiger partial charge is 0.0415 e. The minimum absolute atomic E-state index is 0.0647. The Labute approximate surface area is 79.3 Å². The van der Waals surface area contributed by atoms with Gasteiger partial charge in [0, 0.05) is 5.54 Å². The monoisotopic (exact) mass is 173 g/mol. The molecule has 13 heavy (non-hydrogen) atoms. The lowest BCUT2D eigenvalue weighted by molar-refractivity contribution is 0.253. The molecule has 68 valence electrons. The van der Waals surface area contributed by atoms with Crippen molar-refractivity contribution in [2.75, 3.05) is 0 Å². The van der Waals surface area contributed by atoms with Gasteiger partial charge in [0.2, 0.25) is 0 Å². The maximum atomic E-state index is 6.25. The standard InChI is InChI=1S/C12H15N/c1-2-10-6-3-4-7-11(10)12(13)8-5-9-12/h2-4,6-7H,1,5,8-9,13H2. The van der Waals surface area contributed by atoms with Gasteiger partial charge in [-0.15, -0.1) is 0 Å². The Balaban J connectivity index is 2.43. The van der Waals surface area contributed by atoms with Crippen LogP contribution in [0.2, 0.25) is 0 Å². The Morgan fingerprint density at radius 2 is 2.00 bits per heavy atom. The molecule has 1 fully saturated rings. The third-order valence-corrected chi connectivity index (χ3v) is 2.96. The lowest BCUT2D eigenvalue weighted by atomic mass is 9.71. The summed E-state index contributed by atoms with van der Waals surface area (Å²) in [5, 5.41) is 0. The summed E-state index contributed by atoms with van der Waals surface area (Å²) in [4.78, 5) is 0. The minimum Gasteiger partial charge on any atom is -0.321 e. The zero-order valence-electron chi connectivity index (χ0n) is 7.79. The van der Waals surface area contributed by atoms with E-state index in [1.165, 1.54) is 17.5 Å². The Hall–Kier alpha value is -1.08. The number of nitrogens with two attached hydrogens (primary N) is 1. The molecule has 0 radical (unpaired) electrons. The molecule has 1 aliphatic rings. The minimum atomic E-state index is -0.0647. The summed E-state index contributed by atoms with van der Waals surface area (Å²) in [6.07, 6.45) is 5.36. The van der Waals surface area contributed by atoms with E-state index in [1.54, 1.807) is 0 Å². The van der Waals surface area contributed by atoms with E-state index in [0.29, 0.717) is 0 Å². The number of hydrogen-bond acceptors (Lipinski definition) is 1. The van der Waals surface area contributed by atoms with Crippen LogP contribution in [0.15, 0.2) is 30.8 Å². The van der Waals surface area contributed by atoms with Crippen LogP contribution in [-0.4, -0.2) is 0 Å². The lowest BCUT2D eigenvalue weighted by Crippen LogP contribution is -2.43. The molecule has 1 saturated carbocycles. The van der Waals surface area contributed by atoms with Gasteiger partial charge in [0.05, 0.1) is 0 Å². The van der Waals surface area contributed by atoms with Gasteiger partial charge in [-0.2, -0.15) is 0 Å². The van der Waals surface area contributed by atoms with Gasteiger partial charge in [-0.1, -0.05) is 36.9 Å². The summed E-state index contributed by atoms with van der Waals surface area (Å²) in [5.74, 6) is 0. The molecule has 0 unspecified atom stereocenters. The first kappa shape index (κ1) is 8.52. The van der Waals surface area contributed by atoms with Crippen molar-refractivity contribution in [1.82, 2.24) is 0 Å². The van der Waals surface area contributed by atoms with Gasteiger partial charge in [0.15, 0.2) is 0 Å². The van der Waals surface area contributed by atoms with Crippen molar-refractivity contribution in [3.8, 4) is 0 Å². The molecule has 0 aliphatic heterocycles. The van der Waals surface area contributed by atoms with Crippen LogP contribution in [0.1, 0.15) is 30.4 Å². The fourth-order valence-corrected chi connectivity index (χ4v) is 1.96. The number of benzene rings is 1. The highest BCUT2D eigenvalue weighted by Gasteiger charge is 2.35. The van der Waals surface area contributed by atoms with Crippen molar-refractivity contribution in [1.29, 1.82) is 0 Å². The fourth-order valence-electron chi connectivity index (χ4n) is 1.96. The largest absolute Gasteiger partial charge is 0.321 e. The first-order valence-electron chi connectivity index (χ1n) is 4.77. The molecule has 0 aromatic heterocycles. The van der Waals surface area contributed by atoms with E-state index in [4.69, 9.17) is 5.73 Å². The van der Waals surface area contributed by atoms with E-state index >= 15 is 0 Å². The van der Waals surface area contributed by atoms with E-state index < -0.39 is 0 Å². The first-order valence-corrected chi connectivity index (χ1v) is 4.77. The Morgan fingerprint density at radius 3 is 2.54 bits per heavy atom. The zero-order chi connectivity index (χ0) is 9.31.